The molecule has 2 saturated heterocycles. The molecule has 0 atom stereocenters. The van der Waals surface area contributed by atoms with E-state index < -0.39 is 17.7 Å². The fraction of sp³-hybridized carbons (Fsp3) is 0.500. The normalized spacial score (nSPS) is 17.6. The Morgan fingerprint density at radius 2 is 1.78 bits per heavy atom. The van der Waals surface area contributed by atoms with E-state index in [2.05, 4.69) is 9.80 Å². The third kappa shape index (κ3) is 6.67. The van der Waals surface area contributed by atoms with Crippen molar-refractivity contribution in [2.75, 3.05) is 39.9 Å². The van der Waals surface area contributed by atoms with Crippen molar-refractivity contribution in [2.24, 2.45) is 0 Å². The van der Waals surface area contributed by atoms with Gasteiger partial charge in [0.1, 0.15) is 5.75 Å². The second-order valence-corrected chi connectivity index (χ2v) is 11.0. The van der Waals surface area contributed by atoms with Gasteiger partial charge in [-0.1, -0.05) is 25.5 Å². The Bertz CT molecular complexity index is 1360. The number of esters is 1. The first kappa shape index (κ1) is 29.3. The lowest BCUT2D eigenvalue weighted by atomic mass is 9.94. The fourth-order valence-electron chi connectivity index (χ4n) is 6.11. The molecule has 5 rings (SSSR count). The predicted octanol–water partition coefficient (Wildman–Crippen LogP) is 6.95. The molecule has 0 N–H and O–H groups in total. The maximum atomic E-state index is 13.7. The first-order valence-electron chi connectivity index (χ1n) is 14.6. The predicted molar refractivity (Wildman–Crippen MR) is 153 cm³/mol. The number of methoxy groups -OCH3 is 1. The second-order valence-electron chi connectivity index (χ2n) is 11.0. The fourth-order valence-corrected chi connectivity index (χ4v) is 6.11. The van der Waals surface area contributed by atoms with E-state index in [4.69, 9.17) is 14.5 Å². The summed E-state index contributed by atoms with van der Waals surface area (Å²) in [6, 6.07) is 11.0. The monoisotopic (exact) mass is 569 g/mol. The summed E-state index contributed by atoms with van der Waals surface area (Å²) < 4.78 is 52.2. The molecule has 2 aliphatic rings. The third-order valence-corrected chi connectivity index (χ3v) is 8.23. The van der Waals surface area contributed by atoms with Crippen LogP contribution in [-0.2, 0) is 17.5 Å². The van der Waals surface area contributed by atoms with Crippen LogP contribution in [0.15, 0.2) is 42.5 Å². The van der Waals surface area contributed by atoms with Crippen molar-refractivity contribution in [1.82, 2.24) is 14.8 Å². The number of hydrogen-bond donors (Lipinski definition) is 0. The quantitative estimate of drug-likeness (QED) is 0.274. The molecule has 1 aromatic heterocycles. The van der Waals surface area contributed by atoms with E-state index in [0.29, 0.717) is 58.2 Å². The van der Waals surface area contributed by atoms with E-state index >= 15 is 0 Å². The summed E-state index contributed by atoms with van der Waals surface area (Å²) in [6.45, 7) is 6.88. The third-order valence-electron chi connectivity index (χ3n) is 8.23. The lowest BCUT2D eigenvalue weighted by molar-refractivity contribution is -0.137. The molecular formula is C32H38F3N3O3. The SMILES string of the molecule is CCCOc1ccc2c(C(=O)OC)c(CN3CCC(N4CCCCC4)CC3)c(-c3cccc(C(F)(F)F)c3)nc2c1. The minimum atomic E-state index is -4.50. The van der Waals surface area contributed by atoms with Gasteiger partial charge >= 0.3 is 12.1 Å². The van der Waals surface area contributed by atoms with Crippen LogP contribution < -0.4 is 4.74 Å². The zero-order chi connectivity index (χ0) is 29.0. The number of ether oxygens (including phenoxy) is 2. The van der Waals surface area contributed by atoms with Crippen molar-refractivity contribution >= 4 is 16.9 Å². The molecule has 2 aliphatic heterocycles. The number of nitrogens with zero attached hydrogens (tertiary/aromatic N) is 3. The highest BCUT2D eigenvalue weighted by atomic mass is 19.4. The summed E-state index contributed by atoms with van der Waals surface area (Å²) in [5.41, 5.74) is 1.30. The number of hydrogen-bond acceptors (Lipinski definition) is 6. The van der Waals surface area contributed by atoms with E-state index in [1.165, 1.54) is 32.4 Å². The minimum absolute atomic E-state index is 0.310. The largest absolute Gasteiger partial charge is 0.494 e. The van der Waals surface area contributed by atoms with Gasteiger partial charge < -0.3 is 14.4 Å². The average molecular weight is 570 g/mol. The number of piperidine rings is 2. The summed E-state index contributed by atoms with van der Waals surface area (Å²) in [5.74, 6) is 0.0521. The number of carbonyl (C=O) groups is 1. The number of carbonyl (C=O) groups excluding carboxylic acids is 1. The maximum absolute atomic E-state index is 13.7. The van der Waals surface area contributed by atoms with E-state index in [1.807, 2.05) is 6.92 Å². The van der Waals surface area contributed by atoms with Gasteiger partial charge in [-0.05, 0) is 82.5 Å². The number of fused-ring (bicyclic) bond motifs is 1. The van der Waals surface area contributed by atoms with Gasteiger partial charge in [-0.3, -0.25) is 4.90 Å². The molecule has 0 saturated carbocycles. The molecule has 9 heteroatoms. The number of aromatic nitrogens is 1. The molecule has 3 aromatic rings. The van der Waals surface area contributed by atoms with Gasteiger partial charge in [-0.15, -0.1) is 0 Å². The van der Waals surface area contributed by atoms with E-state index in [1.54, 1.807) is 24.3 Å². The molecule has 0 aliphatic carbocycles. The zero-order valence-corrected chi connectivity index (χ0v) is 23.8. The number of halogens is 3. The Balaban J connectivity index is 1.57. The van der Waals surface area contributed by atoms with Crippen LogP contribution in [0.2, 0.25) is 0 Å². The van der Waals surface area contributed by atoms with E-state index in [0.717, 1.165) is 57.6 Å². The van der Waals surface area contributed by atoms with Gasteiger partial charge in [0.15, 0.2) is 0 Å². The average Bonchev–Trinajstić information content (AvgIpc) is 2.99. The van der Waals surface area contributed by atoms with Crippen LogP contribution >= 0.6 is 0 Å². The molecule has 0 spiro atoms. The van der Waals surface area contributed by atoms with Crippen LogP contribution in [0.5, 0.6) is 5.75 Å². The molecule has 3 heterocycles. The Labute approximate surface area is 239 Å². The standard InChI is InChI=1S/C32H38F3N3O3/c1-3-18-41-25-10-11-26-28(20-25)36-30(22-8-7-9-23(19-22)32(33,34)35)27(29(26)31(39)40-2)21-37-16-12-24(13-17-37)38-14-5-4-6-15-38/h7-11,19-20,24H,3-6,12-18,21H2,1-2H3. The van der Waals surface area contributed by atoms with Crippen molar-refractivity contribution in [1.29, 1.82) is 0 Å². The molecule has 2 aromatic carbocycles. The van der Waals surface area contributed by atoms with E-state index in [-0.39, 0.29) is 0 Å². The molecular weight excluding hydrogens is 531 g/mol. The highest BCUT2D eigenvalue weighted by Crippen LogP contribution is 2.37. The van der Waals surface area contributed by atoms with Gasteiger partial charge in [0.25, 0.3) is 0 Å². The van der Waals surface area contributed by atoms with Crippen LogP contribution in [-0.4, -0.2) is 66.7 Å². The van der Waals surface area contributed by atoms with Crippen molar-refractivity contribution in [3.8, 4) is 17.0 Å². The lowest BCUT2D eigenvalue weighted by Crippen LogP contribution is -2.46. The van der Waals surface area contributed by atoms with Gasteiger partial charge in [0, 0.05) is 35.2 Å². The lowest BCUT2D eigenvalue weighted by Gasteiger charge is -2.40. The highest BCUT2D eigenvalue weighted by Gasteiger charge is 2.32. The Morgan fingerprint density at radius 3 is 2.46 bits per heavy atom. The van der Waals surface area contributed by atoms with Crippen LogP contribution in [0.1, 0.15) is 66.9 Å². The molecule has 0 amide bonds. The topological polar surface area (TPSA) is 54.9 Å². The first-order chi connectivity index (χ1) is 19.8. The zero-order valence-electron chi connectivity index (χ0n) is 23.8. The van der Waals surface area contributed by atoms with Gasteiger partial charge in [0.05, 0.1) is 36.1 Å². The summed E-state index contributed by atoms with van der Waals surface area (Å²) >= 11 is 0. The number of rotatable bonds is 8. The summed E-state index contributed by atoms with van der Waals surface area (Å²) in [6.07, 6.45) is 2.15. The molecule has 0 radical (unpaired) electrons. The van der Waals surface area contributed by atoms with Gasteiger partial charge in [-0.2, -0.15) is 13.2 Å². The second kappa shape index (κ2) is 12.8. The molecule has 6 nitrogen and oxygen atoms in total. The number of pyridine rings is 1. The minimum Gasteiger partial charge on any atom is -0.494 e. The molecule has 41 heavy (non-hydrogen) atoms. The van der Waals surface area contributed by atoms with Crippen molar-refractivity contribution in [3.63, 3.8) is 0 Å². The van der Waals surface area contributed by atoms with Crippen molar-refractivity contribution < 1.29 is 27.4 Å². The summed E-state index contributed by atoms with van der Waals surface area (Å²) in [4.78, 5) is 23.1. The molecule has 0 unspecified atom stereocenters. The first-order valence-corrected chi connectivity index (χ1v) is 14.6. The summed E-state index contributed by atoms with van der Waals surface area (Å²) in [5, 5.41) is 0.592. The number of alkyl halides is 3. The number of likely N-dealkylation sites (tertiary alicyclic amines) is 2. The van der Waals surface area contributed by atoms with Crippen molar-refractivity contribution in [3.05, 3.63) is 59.2 Å². The highest BCUT2D eigenvalue weighted by molar-refractivity contribution is 6.06. The van der Waals surface area contributed by atoms with Gasteiger partial charge in [0.2, 0.25) is 0 Å². The Kier molecular flexibility index (Phi) is 9.14. The van der Waals surface area contributed by atoms with Gasteiger partial charge in [-0.25, -0.2) is 9.78 Å². The van der Waals surface area contributed by atoms with E-state index in [9.17, 15) is 18.0 Å². The maximum Gasteiger partial charge on any atom is 0.416 e. The van der Waals surface area contributed by atoms with Crippen molar-refractivity contribution in [2.45, 2.75) is 64.2 Å². The molecule has 0 bridgehead atoms. The summed E-state index contributed by atoms with van der Waals surface area (Å²) in [7, 11) is 1.32. The molecule has 2 fully saturated rings. The smallest absolute Gasteiger partial charge is 0.416 e. The van der Waals surface area contributed by atoms with Crippen LogP contribution in [0.25, 0.3) is 22.2 Å². The van der Waals surface area contributed by atoms with Crippen LogP contribution in [0.3, 0.4) is 0 Å². The molecule has 220 valence electrons. The number of benzene rings is 2. The Morgan fingerprint density at radius 1 is 1.02 bits per heavy atom. The van der Waals surface area contributed by atoms with Crippen LogP contribution in [0.4, 0.5) is 13.2 Å². The van der Waals surface area contributed by atoms with Crippen LogP contribution in [0, 0.1) is 0 Å². The Hall–Kier alpha value is -3.17.